The van der Waals surface area contributed by atoms with E-state index in [1.807, 2.05) is 6.26 Å². The van der Waals surface area contributed by atoms with E-state index in [1.54, 1.807) is 18.8 Å². The van der Waals surface area contributed by atoms with Crippen LogP contribution in [0.15, 0.2) is 12.3 Å². The van der Waals surface area contributed by atoms with Crippen LogP contribution in [0.5, 0.6) is 0 Å². The van der Waals surface area contributed by atoms with Gasteiger partial charge in [-0.2, -0.15) is 11.8 Å². The summed E-state index contributed by atoms with van der Waals surface area (Å²) in [5.41, 5.74) is -0.0307. The molecular weight excluding hydrogens is 256 g/mol. The molecule has 1 aromatic rings. The first kappa shape index (κ1) is 14.2. The maximum absolute atomic E-state index is 11.9. The zero-order valence-electron chi connectivity index (χ0n) is 10.1. The van der Waals surface area contributed by atoms with Gasteiger partial charge >= 0.3 is 0 Å². The average molecular weight is 270 g/mol. The normalized spacial score (nSPS) is 9.89. The number of carbonyl (C=O) groups excluding carboxylic acids is 1. The molecule has 0 fully saturated rings. The molecule has 0 aromatic carbocycles. The topological polar surface area (TPSA) is 97.2 Å². The highest BCUT2D eigenvalue weighted by Crippen LogP contribution is 2.18. The molecule has 1 amide bonds. The van der Waals surface area contributed by atoms with Crippen molar-refractivity contribution >= 4 is 29.2 Å². The SMILES string of the molecule is CNc1ncc([N+](=O)[O-])cc1C(=O)NCCSC. The van der Waals surface area contributed by atoms with Crippen molar-refractivity contribution in [3.8, 4) is 0 Å². The Kier molecular flexibility index (Phi) is 5.37. The molecule has 0 radical (unpaired) electrons. The Balaban J connectivity index is 2.93. The second-order valence-corrected chi connectivity index (χ2v) is 4.33. The Morgan fingerprint density at radius 1 is 1.61 bits per heavy atom. The number of nitro groups is 1. The van der Waals surface area contributed by atoms with Crippen molar-refractivity contribution in [1.82, 2.24) is 10.3 Å². The molecule has 1 aromatic heterocycles. The number of nitrogens with zero attached hydrogens (tertiary/aromatic N) is 2. The number of aromatic nitrogens is 1. The third-order valence-corrected chi connectivity index (χ3v) is 2.77. The van der Waals surface area contributed by atoms with Gasteiger partial charge in [0.2, 0.25) is 0 Å². The van der Waals surface area contributed by atoms with Crippen LogP contribution in [0.4, 0.5) is 11.5 Å². The summed E-state index contributed by atoms with van der Waals surface area (Å²) in [6.07, 6.45) is 3.05. The molecule has 98 valence electrons. The van der Waals surface area contributed by atoms with Crippen LogP contribution in [0.3, 0.4) is 0 Å². The highest BCUT2D eigenvalue weighted by Gasteiger charge is 2.17. The second-order valence-electron chi connectivity index (χ2n) is 3.35. The van der Waals surface area contributed by atoms with E-state index in [2.05, 4.69) is 15.6 Å². The molecule has 0 aliphatic carbocycles. The van der Waals surface area contributed by atoms with Crippen molar-refractivity contribution in [2.45, 2.75) is 0 Å². The first-order chi connectivity index (χ1) is 8.60. The molecule has 0 spiro atoms. The van der Waals surface area contributed by atoms with E-state index >= 15 is 0 Å². The van der Waals surface area contributed by atoms with Gasteiger partial charge in [0.25, 0.3) is 11.6 Å². The number of rotatable bonds is 6. The van der Waals surface area contributed by atoms with Gasteiger partial charge in [-0.25, -0.2) is 4.98 Å². The van der Waals surface area contributed by atoms with Crippen LogP contribution in [0, 0.1) is 10.1 Å². The molecule has 0 saturated carbocycles. The van der Waals surface area contributed by atoms with Gasteiger partial charge in [0.15, 0.2) is 0 Å². The summed E-state index contributed by atoms with van der Waals surface area (Å²) in [7, 11) is 1.60. The molecule has 0 saturated heterocycles. The molecule has 2 N–H and O–H groups in total. The highest BCUT2D eigenvalue weighted by atomic mass is 32.2. The Morgan fingerprint density at radius 2 is 2.33 bits per heavy atom. The summed E-state index contributed by atoms with van der Waals surface area (Å²) in [5, 5.41) is 16.1. The summed E-state index contributed by atoms with van der Waals surface area (Å²) in [4.78, 5) is 25.8. The average Bonchev–Trinajstić information content (AvgIpc) is 2.38. The minimum atomic E-state index is -0.578. The van der Waals surface area contributed by atoms with E-state index in [1.165, 1.54) is 6.07 Å². The number of anilines is 1. The largest absolute Gasteiger partial charge is 0.372 e. The van der Waals surface area contributed by atoms with E-state index in [0.29, 0.717) is 12.4 Å². The third kappa shape index (κ3) is 3.59. The Bertz CT molecular complexity index is 453. The van der Waals surface area contributed by atoms with Crippen molar-refractivity contribution in [3.63, 3.8) is 0 Å². The highest BCUT2D eigenvalue weighted by molar-refractivity contribution is 7.98. The van der Waals surface area contributed by atoms with E-state index in [0.717, 1.165) is 11.9 Å². The van der Waals surface area contributed by atoms with Crippen molar-refractivity contribution in [1.29, 1.82) is 0 Å². The summed E-state index contributed by atoms with van der Waals surface area (Å²) >= 11 is 1.60. The molecule has 0 atom stereocenters. The minimum Gasteiger partial charge on any atom is -0.372 e. The van der Waals surface area contributed by atoms with E-state index in [9.17, 15) is 14.9 Å². The summed E-state index contributed by atoms with van der Waals surface area (Å²) < 4.78 is 0. The standard InChI is InChI=1S/C10H14N4O3S/c1-11-9-8(10(15)12-3-4-18-2)5-7(6-13-9)14(16)17/h5-6H,3-4H2,1-2H3,(H,11,13)(H,12,15). The van der Waals surface area contributed by atoms with Crippen LogP contribution >= 0.6 is 11.8 Å². The first-order valence-electron chi connectivity index (χ1n) is 5.19. The lowest BCUT2D eigenvalue weighted by atomic mass is 10.2. The van der Waals surface area contributed by atoms with E-state index in [4.69, 9.17) is 0 Å². The van der Waals surface area contributed by atoms with Crippen molar-refractivity contribution in [2.24, 2.45) is 0 Å². The Labute approximate surface area is 109 Å². The zero-order valence-corrected chi connectivity index (χ0v) is 10.9. The molecule has 0 unspecified atom stereocenters. The fourth-order valence-corrected chi connectivity index (χ4v) is 1.59. The molecule has 8 heteroatoms. The van der Waals surface area contributed by atoms with Gasteiger partial charge in [0, 0.05) is 25.4 Å². The maximum atomic E-state index is 11.9. The molecule has 0 bridgehead atoms. The lowest BCUT2D eigenvalue weighted by Gasteiger charge is -2.08. The lowest BCUT2D eigenvalue weighted by molar-refractivity contribution is -0.385. The quantitative estimate of drug-likeness (QED) is 0.457. The fourth-order valence-electron chi connectivity index (χ4n) is 1.29. The summed E-state index contributed by atoms with van der Waals surface area (Å²) in [5.74, 6) is 0.732. The van der Waals surface area contributed by atoms with Crippen molar-refractivity contribution in [3.05, 3.63) is 27.9 Å². The fraction of sp³-hybridized carbons (Fsp3) is 0.400. The Morgan fingerprint density at radius 3 is 2.89 bits per heavy atom. The number of hydrogen-bond acceptors (Lipinski definition) is 6. The monoisotopic (exact) mass is 270 g/mol. The van der Waals surface area contributed by atoms with Gasteiger partial charge in [0.05, 0.1) is 10.5 Å². The zero-order chi connectivity index (χ0) is 13.5. The molecule has 1 rings (SSSR count). The van der Waals surface area contributed by atoms with Gasteiger partial charge < -0.3 is 10.6 Å². The van der Waals surface area contributed by atoms with Crippen LogP contribution in [0.25, 0.3) is 0 Å². The third-order valence-electron chi connectivity index (χ3n) is 2.16. The van der Waals surface area contributed by atoms with E-state index < -0.39 is 4.92 Å². The molecule has 0 aliphatic heterocycles. The number of pyridine rings is 1. The summed E-state index contributed by atoms with van der Waals surface area (Å²) in [6.45, 7) is 0.506. The lowest BCUT2D eigenvalue weighted by Crippen LogP contribution is -2.26. The van der Waals surface area contributed by atoms with Gasteiger partial charge in [-0.1, -0.05) is 0 Å². The first-order valence-corrected chi connectivity index (χ1v) is 6.59. The van der Waals surface area contributed by atoms with Crippen LogP contribution in [-0.2, 0) is 0 Å². The molecule has 7 nitrogen and oxygen atoms in total. The Hall–Kier alpha value is -1.83. The van der Waals surface area contributed by atoms with Gasteiger partial charge in [-0.15, -0.1) is 0 Å². The molecule has 1 heterocycles. The van der Waals surface area contributed by atoms with Crippen LogP contribution in [0.1, 0.15) is 10.4 Å². The number of amides is 1. The molecule has 0 aliphatic rings. The van der Waals surface area contributed by atoms with Crippen molar-refractivity contribution < 1.29 is 9.72 Å². The van der Waals surface area contributed by atoms with Crippen LogP contribution in [-0.4, -0.2) is 41.4 Å². The molecular formula is C10H14N4O3S. The van der Waals surface area contributed by atoms with E-state index in [-0.39, 0.29) is 17.2 Å². The van der Waals surface area contributed by atoms with Crippen LogP contribution < -0.4 is 10.6 Å². The van der Waals surface area contributed by atoms with Crippen LogP contribution in [0.2, 0.25) is 0 Å². The van der Waals surface area contributed by atoms with Gasteiger partial charge in [0.1, 0.15) is 12.0 Å². The number of nitrogens with one attached hydrogen (secondary N) is 2. The predicted molar refractivity (Wildman–Crippen MR) is 71.2 cm³/mol. The second kappa shape index (κ2) is 6.80. The van der Waals surface area contributed by atoms with Gasteiger partial charge in [-0.3, -0.25) is 14.9 Å². The van der Waals surface area contributed by atoms with Crippen molar-refractivity contribution in [2.75, 3.05) is 30.9 Å². The predicted octanol–water partition coefficient (Wildman–Crippen LogP) is 1.12. The smallest absolute Gasteiger partial charge is 0.288 e. The summed E-state index contributed by atoms with van der Waals surface area (Å²) in [6, 6.07) is 1.22. The number of thioether (sulfide) groups is 1. The number of carbonyl (C=O) groups is 1. The maximum Gasteiger partial charge on any atom is 0.288 e. The van der Waals surface area contributed by atoms with Gasteiger partial charge in [-0.05, 0) is 6.26 Å². The number of hydrogen-bond donors (Lipinski definition) is 2. The molecule has 18 heavy (non-hydrogen) atoms. The minimum absolute atomic E-state index is 0.174.